The highest BCUT2D eigenvalue weighted by atomic mass is 32.1. The molecule has 1 aliphatic heterocycles. The summed E-state index contributed by atoms with van der Waals surface area (Å²) in [5, 5.41) is 5.49. The van der Waals surface area contributed by atoms with Gasteiger partial charge < -0.3 is 10.2 Å². The van der Waals surface area contributed by atoms with Crippen LogP contribution in [0.25, 0.3) is 0 Å². The molecule has 7 heteroatoms. The summed E-state index contributed by atoms with van der Waals surface area (Å²) in [4.78, 5) is 27.9. The van der Waals surface area contributed by atoms with Crippen molar-refractivity contribution < 1.29 is 4.79 Å². The van der Waals surface area contributed by atoms with E-state index in [-0.39, 0.29) is 5.91 Å². The number of benzene rings is 1. The van der Waals surface area contributed by atoms with Gasteiger partial charge in [-0.2, -0.15) is 0 Å². The number of aromatic nitrogens is 3. The lowest BCUT2D eigenvalue weighted by Crippen LogP contribution is -2.35. The average Bonchev–Trinajstić information content (AvgIpc) is 3.08. The third kappa shape index (κ3) is 3.30. The van der Waals surface area contributed by atoms with Crippen LogP contribution >= 0.6 is 11.3 Å². The normalized spacial score (nSPS) is 13.4. The number of hydrogen-bond acceptors (Lipinski definition) is 6. The maximum absolute atomic E-state index is 12.9. The van der Waals surface area contributed by atoms with Crippen LogP contribution in [0.5, 0.6) is 0 Å². The molecule has 1 aromatic carbocycles. The molecule has 2 aromatic heterocycles. The summed E-state index contributed by atoms with van der Waals surface area (Å²) < 4.78 is 0. The zero-order valence-electron chi connectivity index (χ0n) is 14.7. The van der Waals surface area contributed by atoms with Crippen LogP contribution in [0.1, 0.15) is 33.9 Å². The number of fused-ring (bicyclic) bond motifs is 1. The van der Waals surface area contributed by atoms with E-state index in [0.29, 0.717) is 16.8 Å². The minimum atomic E-state index is -0.0669. The molecule has 3 heterocycles. The smallest absolute Gasteiger partial charge is 0.277 e. The standard InChI is InChI=1S/C19H19N5OS/c1-12-10-13(2)21-18(20-12)23-19-22-15(11-26-19)17(25)24-9-5-7-14-6-3-4-8-16(14)24/h3-4,6,8,10-11H,5,7,9H2,1-2H3,(H,20,21,22,23). The molecule has 0 aliphatic carbocycles. The van der Waals surface area contributed by atoms with Crippen molar-refractivity contribution in [1.29, 1.82) is 0 Å². The number of hydrogen-bond donors (Lipinski definition) is 1. The van der Waals surface area contributed by atoms with E-state index >= 15 is 0 Å². The zero-order valence-corrected chi connectivity index (χ0v) is 15.5. The Morgan fingerprint density at radius 1 is 1.15 bits per heavy atom. The van der Waals surface area contributed by atoms with Gasteiger partial charge in [0.1, 0.15) is 5.69 Å². The molecule has 4 rings (SSSR count). The highest BCUT2D eigenvalue weighted by Gasteiger charge is 2.25. The number of amides is 1. The van der Waals surface area contributed by atoms with Crippen molar-refractivity contribution in [3.05, 3.63) is 58.4 Å². The zero-order chi connectivity index (χ0) is 18.1. The van der Waals surface area contributed by atoms with Crippen LogP contribution in [0.2, 0.25) is 0 Å². The van der Waals surface area contributed by atoms with E-state index in [9.17, 15) is 4.79 Å². The van der Waals surface area contributed by atoms with Crippen molar-refractivity contribution in [3.63, 3.8) is 0 Å². The van der Waals surface area contributed by atoms with E-state index < -0.39 is 0 Å². The number of thiazole rings is 1. The Balaban J connectivity index is 1.56. The van der Waals surface area contributed by atoms with Crippen molar-refractivity contribution in [2.24, 2.45) is 0 Å². The second-order valence-corrected chi connectivity index (χ2v) is 7.18. The second kappa shape index (κ2) is 6.84. The molecule has 1 N–H and O–H groups in total. The van der Waals surface area contributed by atoms with Crippen LogP contribution in [0.15, 0.2) is 35.7 Å². The van der Waals surface area contributed by atoms with Gasteiger partial charge in [0.15, 0.2) is 5.13 Å². The Bertz CT molecular complexity index is 948. The Morgan fingerprint density at radius 3 is 2.73 bits per heavy atom. The minimum absolute atomic E-state index is 0.0669. The third-order valence-electron chi connectivity index (χ3n) is 4.28. The van der Waals surface area contributed by atoms with Gasteiger partial charge in [-0.05, 0) is 44.4 Å². The number of para-hydroxylation sites is 1. The van der Waals surface area contributed by atoms with Crippen molar-refractivity contribution in [1.82, 2.24) is 15.0 Å². The Labute approximate surface area is 155 Å². The summed E-state index contributed by atoms with van der Waals surface area (Å²) in [5.74, 6) is 0.432. The van der Waals surface area contributed by atoms with Crippen LogP contribution < -0.4 is 10.2 Å². The summed E-state index contributed by atoms with van der Waals surface area (Å²) in [7, 11) is 0. The van der Waals surface area contributed by atoms with Crippen LogP contribution in [-0.4, -0.2) is 27.4 Å². The van der Waals surface area contributed by atoms with Gasteiger partial charge in [-0.15, -0.1) is 11.3 Å². The van der Waals surface area contributed by atoms with Crippen molar-refractivity contribution in [2.75, 3.05) is 16.8 Å². The molecule has 0 saturated heterocycles. The molecular formula is C19H19N5OS. The molecule has 1 amide bonds. The average molecular weight is 365 g/mol. The molecule has 0 atom stereocenters. The third-order valence-corrected chi connectivity index (χ3v) is 5.04. The predicted molar refractivity (Wildman–Crippen MR) is 103 cm³/mol. The summed E-state index contributed by atoms with van der Waals surface area (Å²) in [5.41, 5.74) is 4.42. The van der Waals surface area contributed by atoms with Crippen molar-refractivity contribution >= 4 is 34.0 Å². The highest BCUT2D eigenvalue weighted by molar-refractivity contribution is 7.14. The van der Waals surface area contributed by atoms with Gasteiger partial charge in [0.05, 0.1) is 0 Å². The fraction of sp³-hybridized carbons (Fsp3) is 0.263. The van der Waals surface area contributed by atoms with Crippen LogP contribution in [0, 0.1) is 13.8 Å². The SMILES string of the molecule is Cc1cc(C)nc(Nc2nc(C(=O)N3CCCc4ccccc43)cs2)n1. The Hall–Kier alpha value is -2.80. The molecule has 6 nitrogen and oxygen atoms in total. The Morgan fingerprint density at radius 2 is 1.92 bits per heavy atom. The molecule has 26 heavy (non-hydrogen) atoms. The van der Waals surface area contributed by atoms with Crippen LogP contribution in [0.3, 0.4) is 0 Å². The number of aryl methyl sites for hydroxylation is 3. The van der Waals surface area contributed by atoms with E-state index in [1.807, 2.05) is 43.0 Å². The number of carbonyl (C=O) groups excluding carboxylic acids is 1. The van der Waals surface area contributed by atoms with Gasteiger partial charge in [-0.25, -0.2) is 15.0 Å². The fourth-order valence-corrected chi connectivity index (χ4v) is 3.87. The lowest BCUT2D eigenvalue weighted by Gasteiger charge is -2.28. The van der Waals surface area contributed by atoms with Gasteiger partial charge in [-0.1, -0.05) is 18.2 Å². The molecular weight excluding hydrogens is 346 g/mol. The lowest BCUT2D eigenvalue weighted by molar-refractivity contribution is 0.0981. The molecule has 0 unspecified atom stereocenters. The predicted octanol–water partition coefficient (Wildman–Crippen LogP) is 3.89. The number of anilines is 3. The van der Waals surface area contributed by atoms with Crippen LogP contribution in [-0.2, 0) is 6.42 Å². The van der Waals surface area contributed by atoms with Gasteiger partial charge in [0, 0.05) is 29.0 Å². The maximum Gasteiger partial charge on any atom is 0.277 e. The molecule has 0 saturated carbocycles. The van der Waals surface area contributed by atoms with Gasteiger partial charge in [0.25, 0.3) is 5.91 Å². The molecule has 0 radical (unpaired) electrons. The molecule has 132 valence electrons. The monoisotopic (exact) mass is 365 g/mol. The quantitative estimate of drug-likeness (QED) is 0.762. The number of carbonyl (C=O) groups is 1. The van der Waals surface area contributed by atoms with E-state index in [1.54, 1.807) is 5.38 Å². The summed E-state index contributed by atoms with van der Waals surface area (Å²) in [6.45, 7) is 4.56. The van der Waals surface area contributed by atoms with Crippen molar-refractivity contribution in [2.45, 2.75) is 26.7 Å². The largest absolute Gasteiger partial charge is 0.307 e. The fourth-order valence-electron chi connectivity index (χ4n) is 3.19. The maximum atomic E-state index is 12.9. The first-order valence-corrected chi connectivity index (χ1v) is 9.43. The van der Waals surface area contributed by atoms with Gasteiger partial charge in [0.2, 0.25) is 5.95 Å². The van der Waals surface area contributed by atoms with E-state index in [0.717, 1.165) is 36.5 Å². The molecule has 3 aromatic rings. The van der Waals surface area contributed by atoms with E-state index in [2.05, 4.69) is 26.3 Å². The highest BCUT2D eigenvalue weighted by Crippen LogP contribution is 2.29. The van der Waals surface area contributed by atoms with E-state index in [1.165, 1.54) is 16.9 Å². The summed E-state index contributed by atoms with van der Waals surface area (Å²) in [6.07, 6.45) is 1.97. The number of nitrogens with zero attached hydrogens (tertiary/aromatic N) is 4. The minimum Gasteiger partial charge on any atom is -0.307 e. The topological polar surface area (TPSA) is 71.0 Å². The summed E-state index contributed by atoms with van der Waals surface area (Å²) in [6, 6.07) is 9.98. The first-order chi connectivity index (χ1) is 12.6. The number of rotatable bonds is 3. The van der Waals surface area contributed by atoms with Crippen molar-refractivity contribution in [3.8, 4) is 0 Å². The van der Waals surface area contributed by atoms with Crippen LogP contribution in [0.4, 0.5) is 16.8 Å². The number of nitrogens with one attached hydrogen (secondary N) is 1. The van der Waals surface area contributed by atoms with E-state index in [4.69, 9.17) is 0 Å². The first kappa shape index (κ1) is 16.7. The Kier molecular flexibility index (Phi) is 4.38. The molecule has 0 spiro atoms. The first-order valence-electron chi connectivity index (χ1n) is 8.55. The summed E-state index contributed by atoms with van der Waals surface area (Å²) >= 11 is 1.38. The molecule has 1 aliphatic rings. The lowest BCUT2D eigenvalue weighted by atomic mass is 10.0. The second-order valence-electron chi connectivity index (χ2n) is 6.33. The van der Waals surface area contributed by atoms with Gasteiger partial charge in [-0.3, -0.25) is 4.79 Å². The molecule has 0 fully saturated rings. The molecule has 0 bridgehead atoms. The van der Waals surface area contributed by atoms with Gasteiger partial charge >= 0.3 is 0 Å².